The largest absolute Gasteiger partial charge is 0.358 e. The van der Waals surface area contributed by atoms with Gasteiger partial charge in [-0.15, -0.1) is 0 Å². The molecule has 0 fully saturated rings. The number of nitrogens with one attached hydrogen (secondary N) is 1. The molecule has 0 unspecified atom stereocenters. The molecule has 0 aliphatic rings. The molecule has 0 saturated carbocycles. The quantitative estimate of drug-likeness (QED) is 0.817. The van der Waals surface area contributed by atoms with E-state index in [9.17, 15) is 4.79 Å². The lowest BCUT2D eigenvalue weighted by Gasteiger charge is -2.22. The van der Waals surface area contributed by atoms with Gasteiger partial charge in [0.2, 0.25) is 0 Å². The number of hydrogen-bond donors (Lipinski definition) is 1. The molecular weight excluding hydrogens is 270 g/mol. The molecule has 0 atom stereocenters. The molecule has 0 spiro atoms. The van der Waals surface area contributed by atoms with Crippen LogP contribution in [0.5, 0.6) is 0 Å². The van der Waals surface area contributed by atoms with E-state index in [0.717, 1.165) is 33.1 Å². The summed E-state index contributed by atoms with van der Waals surface area (Å²) in [4.78, 5) is 14.9. The van der Waals surface area contributed by atoms with E-state index in [4.69, 9.17) is 11.6 Å². The Morgan fingerprint density at radius 3 is 2.25 bits per heavy atom. The van der Waals surface area contributed by atoms with Crippen LogP contribution in [0.1, 0.15) is 37.6 Å². The van der Waals surface area contributed by atoms with Crippen molar-refractivity contribution in [3.8, 4) is 11.3 Å². The SMILES string of the molecule is Cc1cc(=O)cc(-c2cc(Cl)c(C(C)(C)C)cc2C)[nH]1. The van der Waals surface area contributed by atoms with Crippen LogP contribution in [-0.2, 0) is 5.41 Å². The minimum Gasteiger partial charge on any atom is -0.358 e. The maximum Gasteiger partial charge on any atom is 0.182 e. The molecule has 106 valence electrons. The van der Waals surface area contributed by atoms with E-state index >= 15 is 0 Å². The lowest BCUT2D eigenvalue weighted by molar-refractivity contribution is 0.590. The average molecular weight is 290 g/mol. The molecule has 0 bridgehead atoms. The fraction of sp³-hybridized carbons (Fsp3) is 0.353. The summed E-state index contributed by atoms with van der Waals surface area (Å²) in [6, 6.07) is 7.26. The van der Waals surface area contributed by atoms with Gasteiger partial charge in [-0.2, -0.15) is 0 Å². The molecule has 2 nitrogen and oxygen atoms in total. The molecule has 0 aliphatic carbocycles. The van der Waals surface area contributed by atoms with Crippen molar-refractivity contribution >= 4 is 11.6 Å². The first-order valence-corrected chi connectivity index (χ1v) is 7.08. The third kappa shape index (κ3) is 2.96. The summed E-state index contributed by atoms with van der Waals surface area (Å²) in [7, 11) is 0. The zero-order valence-electron chi connectivity index (χ0n) is 12.6. The summed E-state index contributed by atoms with van der Waals surface area (Å²) >= 11 is 6.42. The first-order chi connectivity index (χ1) is 9.18. The zero-order chi connectivity index (χ0) is 15.1. The second kappa shape index (κ2) is 5.10. The smallest absolute Gasteiger partial charge is 0.182 e. The molecule has 1 heterocycles. The van der Waals surface area contributed by atoms with Crippen LogP contribution in [0.2, 0.25) is 5.02 Å². The molecule has 20 heavy (non-hydrogen) atoms. The number of aromatic amines is 1. The van der Waals surface area contributed by atoms with E-state index in [2.05, 4.69) is 31.8 Å². The van der Waals surface area contributed by atoms with Gasteiger partial charge in [0.05, 0.1) is 0 Å². The lowest BCUT2D eigenvalue weighted by atomic mass is 9.85. The van der Waals surface area contributed by atoms with Crippen LogP contribution in [0.4, 0.5) is 0 Å². The number of aromatic nitrogens is 1. The van der Waals surface area contributed by atoms with Crippen molar-refractivity contribution in [2.45, 2.75) is 40.0 Å². The van der Waals surface area contributed by atoms with Crippen molar-refractivity contribution in [2.24, 2.45) is 0 Å². The molecule has 1 aromatic heterocycles. The second-order valence-corrected chi connectivity index (χ2v) is 6.72. The summed E-state index contributed by atoms with van der Waals surface area (Å²) in [5.74, 6) is 0. The van der Waals surface area contributed by atoms with E-state index in [0.29, 0.717) is 0 Å². The van der Waals surface area contributed by atoms with Gasteiger partial charge in [0.1, 0.15) is 0 Å². The number of halogens is 1. The maximum absolute atomic E-state index is 11.7. The highest BCUT2D eigenvalue weighted by molar-refractivity contribution is 6.31. The summed E-state index contributed by atoms with van der Waals surface area (Å²) in [6.07, 6.45) is 0. The van der Waals surface area contributed by atoms with Gasteiger partial charge in [0.15, 0.2) is 5.43 Å². The highest BCUT2D eigenvalue weighted by Gasteiger charge is 2.19. The van der Waals surface area contributed by atoms with E-state index in [-0.39, 0.29) is 10.8 Å². The Bertz CT molecular complexity index is 708. The number of benzene rings is 1. The summed E-state index contributed by atoms with van der Waals surface area (Å²) < 4.78 is 0. The van der Waals surface area contributed by atoms with Gasteiger partial charge in [-0.05, 0) is 36.5 Å². The van der Waals surface area contributed by atoms with Crippen LogP contribution in [-0.4, -0.2) is 4.98 Å². The van der Waals surface area contributed by atoms with Gasteiger partial charge in [0, 0.05) is 34.1 Å². The average Bonchev–Trinajstić information content (AvgIpc) is 2.28. The standard InChI is InChI=1S/C17H20ClNO/c1-10-6-14(17(3,4)5)15(18)9-13(10)16-8-12(20)7-11(2)19-16/h6-9H,1-5H3,(H,19,20). The van der Waals surface area contributed by atoms with Crippen LogP contribution in [0, 0.1) is 13.8 Å². The van der Waals surface area contributed by atoms with Crippen LogP contribution < -0.4 is 5.43 Å². The third-order valence-electron chi connectivity index (χ3n) is 3.39. The fourth-order valence-corrected chi connectivity index (χ4v) is 2.82. The van der Waals surface area contributed by atoms with Crippen LogP contribution in [0.15, 0.2) is 29.1 Å². The molecule has 0 radical (unpaired) electrons. The van der Waals surface area contributed by atoms with E-state index in [1.807, 2.05) is 19.9 Å². The number of hydrogen-bond acceptors (Lipinski definition) is 1. The summed E-state index contributed by atoms with van der Waals surface area (Å²) in [5, 5.41) is 0.737. The van der Waals surface area contributed by atoms with Gasteiger partial charge in [-0.1, -0.05) is 38.4 Å². The predicted molar refractivity (Wildman–Crippen MR) is 85.7 cm³/mol. The van der Waals surface area contributed by atoms with Gasteiger partial charge >= 0.3 is 0 Å². The Morgan fingerprint density at radius 2 is 1.70 bits per heavy atom. The fourth-order valence-electron chi connectivity index (χ4n) is 2.37. The van der Waals surface area contributed by atoms with Crippen LogP contribution >= 0.6 is 11.6 Å². The Morgan fingerprint density at radius 1 is 1.05 bits per heavy atom. The molecule has 1 N–H and O–H groups in total. The second-order valence-electron chi connectivity index (χ2n) is 6.31. The number of H-pyrrole nitrogens is 1. The van der Waals surface area contributed by atoms with Gasteiger partial charge in [-0.3, -0.25) is 4.79 Å². The van der Waals surface area contributed by atoms with Crippen molar-refractivity contribution < 1.29 is 0 Å². The van der Waals surface area contributed by atoms with Crippen molar-refractivity contribution in [3.63, 3.8) is 0 Å². The van der Waals surface area contributed by atoms with Gasteiger partial charge in [0.25, 0.3) is 0 Å². The van der Waals surface area contributed by atoms with E-state index < -0.39 is 0 Å². The molecule has 2 aromatic rings. The summed E-state index contributed by atoms with van der Waals surface area (Å²) in [5.41, 5.74) is 4.88. The van der Waals surface area contributed by atoms with Crippen molar-refractivity contribution in [3.05, 3.63) is 56.3 Å². The Balaban J connectivity index is 2.65. The van der Waals surface area contributed by atoms with Crippen LogP contribution in [0.25, 0.3) is 11.3 Å². The van der Waals surface area contributed by atoms with Crippen molar-refractivity contribution in [2.75, 3.05) is 0 Å². The molecular formula is C17H20ClNO. The molecule has 1 aromatic carbocycles. The molecule has 0 aliphatic heterocycles. The minimum absolute atomic E-state index is 0.000384. The first kappa shape index (κ1) is 14.9. The topological polar surface area (TPSA) is 32.9 Å². The van der Waals surface area contributed by atoms with Crippen molar-refractivity contribution in [1.82, 2.24) is 4.98 Å². The monoisotopic (exact) mass is 289 g/mol. The predicted octanol–water partition coefficient (Wildman–Crippen LogP) is 4.61. The highest BCUT2D eigenvalue weighted by Crippen LogP contribution is 2.34. The van der Waals surface area contributed by atoms with Crippen molar-refractivity contribution in [1.29, 1.82) is 0 Å². The Labute approximate surface area is 124 Å². The number of pyridine rings is 1. The lowest BCUT2D eigenvalue weighted by Crippen LogP contribution is -2.12. The number of aryl methyl sites for hydroxylation is 2. The summed E-state index contributed by atoms with van der Waals surface area (Å²) in [6.45, 7) is 10.3. The van der Waals surface area contributed by atoms with E-state index in [1.54, 1.807) is 12.1 Å². The highest BCUT2D eigenvalue weighted by atomic mass is 35.5. The maximum atomic E-state index is 11.7. The van der Waals surface area contributed by atoms with Gasteiger partial charge < -0.3 is 4.98 Å². The number of rotatable bonds is 1. The zero-order valence-corrected chi connectivity index (χ0v) is 13.4. The normalized spacial score (nSPS) is 11.7. The molecule has 0 amide bonds. The van der Waals surface area contributed by atoms with Gasteiger partial charge in [-0.25, -0.2) is 0 Å². The molecule has 2 rings (SSSR count). The molecule has 0 saturated heterocycles. The third-order valence-corrected chi connectivity index (χ3v) is 3.70. The minimum atomic E-state index is 0.000384. The molecule has 3 heteroatoms. The first-order valence-electron chi connectivity index (χ1n) is 6.70. The Hall–Kier alpha value is -1.54. The van der Waals surface area contributed by atoms with E-state index in [1.165, 1.54) is 0 Å². The van der Waals surface area contributed by atoms with Crippen LogP contribution in [0.3, 0.4) is 0 Å². The Kier molecular flexibility index (Phi) is 3.79.